The van der Waals surface area contributed by atoms with Crippen LogP contribution in [0.15, 0.2) is 47.5 Å². The van der Waals surface area contributed by atoms with Crippen molar-refractivity contribution in [3.05, 3.63) is 70.0 Å². The molecule has 0 radical (unpaired) electrons. The lowest BCUT2D eigenvalue weighted by atomic mass is 9.80. The van der Waals surface area contributed by atoms with E-state index in [1.165, 1.54) is 6.07 Å². The van der Waals surface area contributed by atoms with Gasteiger partial charge < -0.3 is 24.1 Å². The predicted molar refractivity (Wildman–Crippen MR) is 137 cm³/mol. The van der Waals surface area contributed by atoms with Crippen LogP contribution in [-0.4, -0.2) is 52.8 Å². The standard InChI is InChI=1S/C28H35FN4O3/c1-31-12-9-19(14-27(31)34)23-8-10-30-16-25(23)28(35)33(22-5-6-22)18-20-17-32(11-3-13-36-2)26-7-4-21(29)15-24(20)26/h4,7,9,12,14-15,17,22-23,25,30H,3,5-6,8,10-11,13,16,18H2,1-2H3/t23-,25+/m1/s1. The zero-order chi connectivity index (χ0) is 25.2. The number of carbonyl (C=O) groups excluding carboxylic acids is 1. The summed E-state index contributed by atoms with van der Waals surface area (Å²) in [6, 6.07) is 8.75. The van der Waals surface area contributed by atoms with Crippen molar-refractivity contribution in [2.75, 3.05) is 26.8 Å². The normalized spacial score (nSPS) is 20.1. The van der Waals surface area contributed by atoms with Gasteiger partial charge in [-0.25, -0.2) is 4.39 Å². The van der Waals surface area contributed by atoms with Crippen molar-refractivity contribution in [2.45, 2.75) is 50.7 Å². The summed E-state index contributed by atoms with van der Waals surface area (Å²) in [5.41, 5.74) is 2.82. The van der Waals surface area contributed by atoms with E-state index in [1.54, 1.807) is 37.1 Å². The topological polar surface area (TPSA) is 68.5 Å². The van der Waals surface area contributed by atoms with Gasteiger partial charge >= 0.3 is 0 Å². The third-order valence-electron chi connectivity index (χ3n) is 7.64. The third-order valence-corrected chi connectivity index (χ3v) is 7.64. The van der Waals surface area contributed by atoms with Crippen molar-refractivity contribution in [1.82, 2.24) is 19.4 Å². The molecule has 2 aromatic heterocycles. The molecule has 0 spiro atoms. The van der Waals surface area contributed by atoms with E-state index in [-0.39, 0.29) is 35.2 Å². The second-order valence-electron chi connectivity index (χ2n) is 10.2. The van der Waals surface area contributed by atoms with E-state index in [1.807, 2.05) is 17.0 Å². The van der Waals surface area contributed by atoms with Crippen LogP contribution in [0.25, 0.3) is 10.9 Å². The van der Waals surface area contributed by atoms with Gasteiger partial charge in [-0.3, -0.25) is 9.59 Å². The molecule has 1 aromatic carbocycles. The van der Waals surface area contributed by atoms with Crippen LogP contribution in [0.3, 0.4) is 0 Å². The lowest BCUT2D eigenvalue weighted by Crippen LogP contribution is -2.47. The number of carbonyl (C=O) groups is 1. The number of methoxy groups -OCH3 is 1. The van der Waals surface area contributed by atoms with Gasteiger partial charge in [-0.15, -0.1) is 0 Å². The lowest BCUT2D eigenvalue weighted by Gasteiger charge is -2.35. The first-order valence-electron chi connectivity index (χ1n) is 12.9. The van der Waals surface area contributed by atoms with E-state index in [4.69, 9.17) is 4.74 Å². The number of amides is 1. The molecule has 3 heterocycles. The van der Waals surface area contributed by atoms with E-state index < -0.39 is 0 Å². The number of aromatic nitrogens is 2. The molecule has 5 rings (SSSR count). The molecule has 0 unspecified atom stereocenters. The fourth-order valence-electron chi connectivity index (χ4n) is 5.51. The molecular weight excluding hydrogens is 459 g/mol. The van der Waals surface area contributed by atoms with Gasteiger partial charge in [-0.05, 0) is 73.5 Å². The first kappa shape index (κ1) is 24.7. The van der Waals surface area contributed by atoms with Crippen molar-refractivity contribution in [3.63, 3.8) is 0 Å². The van der Waals surface area contributed by atoms with Crippen molar-refractivity contribution < 1.29 is 13.9 Å². The van der Waals surface area contributed by atoms with Gasteiger partial charge in [0.25, 0.3) is 5.56 Å². The summed E-state index contributed by atoms with van der Waals surface area (Å²) in [4.78, 5) is 28.4. The Morgan fingerprint density at radius 3 is 2.81 bits per heavy atom. The molecule has 1 aliphatic carbocycles. The third kappa shape index (κ3) is 5.11. The van der Waals surface area contributed by atoms with E-state index in [0.717, 1.165) is 60.8 Å². The Morgan fingerprint density at radius 1 is 1.22 bits per heavy atom. The van der Waals surface area contributed by atoms with Crippen LogP contribution < -0.4 is 10.9 Å². The number of pyridine rings is 1. The highest BCUT2D eigenvalue weighted by atomic mass is 19.1. The Balaban J connectivity index is 1.44. The van der Waals surface area contributed by atoms with Gasteiger partial charge in [0.05, 0.1) is 5.92 Å². The maximum Gasteiger partial charge on any atom is 0.250 e. The Labute approximate surface area is 210 Å². The monoisotopic (exact) mass is 494 g/mol. The van der Waals surface area contributed by atoms with Crippen LogP contribution >= 0.6 is 0 Å². The van der Waals surface area contributed by atoms with Crippen LogP contribution in [0, 0.1) is 11.7 Å². The minimum absolute atomic E-state index is 0.00160. The van der Waals surface area contributed by atoms with Gasteiger partial charge in [-0.2, -0.15) is 0 Å². The lowest BCUT2D eigenvalue weighted by molar-refractivity contribution is -0.138. The Kier molecular flexibility index (Phi) is 7.25. The molecular formula is C28H35FN4O3. The van der Waals surface area contributed by atoms with Crippen LogP contribution in [0.4, 0.5) is 4.39 Å². The average Bonchev–Trinajstić information content (AvgIpc) is 3.67. The highest BCUT2D eigenvalue weighted by Crippen LogP contribution is 2.37. The summed E-state index contributed by atoms with van der Waals surface area (Å²) in [7, 11) is 3.43. The van der Waals surface area contributed by atoms with E-state index in [2.05, 4.69) is 16.1 Å². The highest BCUT2D eigenvalue weighted by molar-refractivity contribution is 5.86. The molecule has 1 amide bonds. The fourth-order valence-corrected chi connectivity index (χ4v) is 5.51. The summed E-state index contributed by atoms with van der Waals surface area (Å²) in [5, 5.41) is 4.25. The smallest absolute Gasteiger partial charge is 0.250 e. The van der Waals surface area contributed by atoms with Gasteiger partial charge in [-0.1, -0.05) is 0 Å². The summed E-state index contributed by atoms with van der Waals surface area (Å²) >= 11 is 0. The first-order valence-corrected chi connectivity index (χ1v) is 12.9. The quantitative estimate of drug-likeness (QED) is 0.463. The summed E-state index contributed by atoms with van der Waals surface area (Å²) < 4.78 is 23.2. The zero-order valence-corrected chi connectivity index (χ0v) is 21.1. The zero-order valence-electron chi connectivity index (χ0n) is 21.1. The second kappa shape index (κ2) is 10.6. The number of nitrogens with zero attached hydrogens (tertiary/aromatic N) is 3. The second-order valence-corrected chi connectivity index (χ2v) is 10.2. The molecule has 1 aliphatic heterocycles. The first-order chi connectivity index (χ1) is 17.5. The average molecular weight is 495 g/mol. The van der Waals surface area contributed by atoms with Crippen LogP contribution in [0.2, 0.25) is 0 Å². The minimum Gasteiger partial charge on any atom is -0.385 e. The molecule has 192 valence electrons. The summed E-state index contributed by atoms with van der Waals surface area (Å²) in [5.74, 6) is -0.392. The van der Waals surface area contributed by atoms with Crippen LogP contribution in [0.1, 0.15) is 42.7 Å². The molecule has 36 heavy (non-hydrogen) atoms. The number of hydrogen-bond acceptors (Lipinski definition) is 4. The Bertz CT molecular complexity index is 1300. The molecule has 0 bridgehead atoms. The maximum absolute atomic E-state index is 14.2. The number of rotatable bonds is 9. The highest BCUT2D eigenvalue weighted by Gasteiger charge is 2.40. The number of piperidine rings is 1. The molecule has 1 N–H and O–H groups in total. The Morgan fingerprint density at radius 2 is 2.06 bits per heavy atom. The fraction of sp³-hybridized carbons (Fsp3) is 0.500. The molecule has 2 aliphatic rings. The van der Waals surface area contributed by atoms with Gasteiger partial charge in [0.1, 0.15) is 5.82 Å². The number of halogens is 1. The minimum atomic E-state index is -0.273. The van der Waals surface area contributed by atoms with Crippen molar-refractivity contribution >= 4 is 16.8 Å². The molecule has 1 saturated carbocycles. The molecule has 2 atom stereocenters. The van der Waals surface area contributed by atoms with Crippen LogP contribution in [-0.2, 0) is 29.7 Å². The number of benzene rings is 1. The summed E-state index contributed by atoms with van der Waals surface area (Å²) in [6.07, 6.45) is 7.50. The van der Waals surface area contributed by atoms with Crippen molar-refractivity contribution in [1.29, 1.82) is 0 Å². The largest absolute Gasteiger partial charge is 0.385 e. The SMILES string of the molecule is COCCCn1cc(CN(C(=O)[C@H]2CNCC[C@@H]2c2ccn(C)c(=O)c2)C2CC2)c2cc(F)ccc21. The molecule has 1 saturated heterocycles. The number of nitrogens with one attached hydrogen (secondary N) is 1. The molecule has 8 heteroatoms. The molecule has 2 fully saturated rings. The van der Waals surface area contributed by atoms with Gasteiger partial charge in [0.15, 0.2) is 0 Å². The molecule has 3 aromatic rings. The van der Waals surface area contributed by atoms with Gasteiger partial charge in [0, 0.05) is 75.8 Å². The number of fused-ring (bicyclic) bond motifs is 1. The van der Waals surface area contributed by atoms with Crippen molar-refractivity contribution in [2.24, 2.45) is 13.0 Å². The number of ether oxygens (including phenoxy) is 1. The Hall–Kier alpha value is -2.97. The number of aryl methyl sites for hydroxylation is 2. The van der Waals surface area contributed by atoms with Gasteiger partial charge in [0.2, 0.25) is 5.91 Å². The molecule has 7 nitrogen and oxygen atoms in total. The number of hydrogen-bond donors (Lipinski definition) is 1. The van der Waals surface area contributed by atoms with E-state index in [9.17, 15) is 14.0 Å². The van der Waals surface area contributed by atoms with E-state index >= 15 is 0 Å². The van der Waals surface area contributed by atoms with Crippen LogP contribution in [0.5, 0.6) is 0 Å². The maximum atomic E-state index is 14.2. The predicted octanol–water partition coefficient (Wildman–Crippen LogP) is 3.40. The summed E-state index contributed by atoms with van der Waals surface area (Å²) in [6.45, 7) is 3.30. The van der Waals surface area contributed by atoms with E-state index in [0.29, 0.717) is 19.7 Å². The van der Waals surface area contributed by atoms with Crippen molar-refractivity contribution in [3.8, 4) is 0 Å².